The van der Waals surface area contributed by atoms with E-state index in [0.717, 1.165) is 67.2 Å². The lowest BCUT2D eigenvalue weighted by Gasteiger charge is -2.16. The molecule has 0 aliphatic carbocycles. The molecule has 3 heterocycles. The van der Waals surface area contributed by atoms with Crippen LogP contribution in [0.3, 0.4) is 0 Å². The molecule has 0 aliphatic heterocycles. The molecule has 0 spiro atoms. The maximum absolute atomic E-state index is 9.63. The van der Waals surface area contributed by atoms with Gasteiger partial charge in [0.05, 0.1) is 45.1 Å². The van der Waals surface area contributed by atoms with Crippen LogP contribution in [0, 0.1) is 11.3 Å². The third kappa shape index (κ3) is 5.57. The number of hydrogen-bond acceptors (Lipinski definition) is 2. The Morgan fingerprint density at radius 2 is 0.776 bits per heavy atom. The smallest absolute Gasteiger partial charge is 0.0991 e. The fourth-order valence-corrected chi connectivity index (χ4v) is 8.60. The lowest BCUT2D eigenvalue weighted by atomic mass is 9.95. The van der Waals surface area contributed by atoms with Crippen molar-refractivity contribution in [2.45, 2.75) is 0 Å². The fraction of sp³-hybridized carbons (Fsp3) is 0. The highest BCUT2D eigenvalue weighted by molar-refractivity contribution is 6.12. The average molecular weight is 739 g/mol. The van der Waals surface area contributed by atoms with Crippen molar-refractivity contribution < 1.29 is 0 Å². The van der Waals surface area contributed by atoms with Crippen LogP contribution in [0.4, 0.5) is 0 Å². The molecule has 4 nitrogen and oxygen atoms in total. The van der Waals surface area contributed by atoms with Crippen molar-refractivity contribution in [1.82, 2.24) is 14.1 Å². The van der Waals surface area contributed by atoms with Crippen LogP contribution in [0.25, 0.3) is 99.8 Å². The SMILES string of the molecule is N#Cc1ccc(-c2cc(-c3cc(-c4ccccc4)nc(-c4ccccc4)c3)cc(-n3c4ccccc4c4cc(-n5c6ccccc6c6ccccc65)ccc43)c2)cc1. The predicted molar refractivity (Wildman–Crippen MR) is 239 cm³/mol. The third-order valence-corrected chi connectivity index (χ3v) is 11.3. The zero-order valence-electron chi connectivity index (χ0n) is 31.4. The number of hydrogen-bond donors (Lipinski definition) is 0. The molecule has 4 heteroatoms. The van der Waals surface area contributed by atoms with E-state index < -0.39 is 0 Å². The van der Waals surface area contributed by atoms with Crippen LogP contribution in [0.2, 0.25) is 0 Å². The maximum Gasteiger partial charge on any atom is 0.0991 e. The summed E-state index contributed by atoms with van der Waals surface area (Å²) in [6, 6.07) is 75.1. The van der Waals surface area contributed by atoms with Crippen LogP contribution < -0.4 is 0 Å². The number of rotatable bonds is 6. The number of benzene rings is 8. The third-order valence-electron chi connectivity index (χ3n) is 11.3. The molecule has 0 atom stereocenters. The Morgan fingerprint density at radius 3 is 1.33 bits per heavy atom. The molecule has 3 aromatic heterocycles. The first kappa shape index (κ1) is 33.3. The summed E-state index contributed by atoms with van der Waals surface area (Å²) in [5, 5.41) is 14.5. The fourth-order valence-electron chi connectivity index (χ4n) is 8.60. The van der Waals surface area contributed by atoms with E-state index in [1.807, 2.05) is 36.4 Å². The van der Waals surface area contributed by atoms with Gasteiger partial charge in [0.1, 0.15) is 0 Å². The lowest BCUT2D eigenvalue weighted by Crippen LogP contribution is -1.98. The van der Waals surface area contributed by atoms with E-state index in [2.05, 4.69) is 185 Å². The molecule has 270 valence electrons. The average Bonchev–Trinajstić information content (AvgIpc) is 3.82. The topological polar surface area (TPSA) is 46.5 Å². The normalized spacial score (nSPS) is 11.4. The van der Waals surface area contributed by atoms with Gasteiger partial charge < -0.3 is 9.13 Å². The van der Waals surface area contributed by atoms with Crippen LogP contribution in [-0.2, 0) is 0 Å². The second-order valence-corrected chi connectivity index (χ2v) is 14.7. The molecule has 0 saturated carbocycles. The lowest BCUT2D eigenvalue weighted by molar-refractivity contribution is 1.17. The van der Waals surface area contributed by atoms with Crippen molar-refractivity contribution in [3.05, 3.63) is 212 Å². The summed E-state index contributed by atoms with van der Waals surface area (Å²) in [4.78, 5) is 5.18. The number of pyridine rings is 1. The Bertz CT molecular complexity index is 3270. The van der Waals surface area contributed by atoms with Crippen LogP contribution in [-0.4, -0.2) is 14.1 Å². The molecule has 0 saturated heterocycles. The van der Waals surface area contributed by atoms with Crippen molar-refractivity contribution in [1.29, 1.82) is 5.26 Å². The van der Waals surface area contributed by atoms with Gasteiger partial charge >= 0.3 is 0 Å². The van der Waals surface area contributed by atoms with Gasteiger partial charge in [0.15, 0.2) is 0 Å². The van der Waals surface area contributed by atoms with Gasteiger partial charge in [0.25, 0.3) is 0 Å². The van der Waals surface area contributed by atoms with Crippen molar-refractivity contribution in [3.63, 3.8) is 0 Å². The first-order valence-electron chi connectivity index (χ1n) is 19.5. The highest BCUT2D eigenvalue weighted by atomic mass is 15.0. The van der Waals surface area contributed by atoms with E-state index in [1.54, 1.807) is 0 Å². The van der Waals surface area contributed by atoms with Gasteiger partial charge in [-0.1, -0.05) is 127 Å². The summed E-state index contributed by atoms with van der Waals surface area (Å²) in [5.41, 5.74) is 15.6. The minimum Gasteiger partial charge on any atom is -0.309 e. The molecule has 0 bridgehead atoms. The van der Waals surface area contributed by atoms with Crippen LogP contribution in [0.15, 0.2) is 206 Å². The summed E-state index contributed by atoms with van der Waals surface area (Å²) in [5.74, 6) is 0. The molecular weight excluding hydrogens is 705 g/mol. The molecule has 0 unspecified atom stereocenters. The van der Waals surface area contributed by atoms with E-state index >= 15 is 0 Å². The van der Waals surface area contributed by atoms with Gasteiger partial charge in [-0.05, 0) is 101 Å². The van der Waals surface area contributed by atoms with Crippen molar-refractivity contribution in [2.75, 3.05) is 0 Å². The second kappa shape index (κ2) is 13.6. The van der Waals surface area contributed by atoms with Gasteiger partial charge in [0, 0.05) is 44.0 Å². The molecular formula is C54H34N4. The second-order valence-electron chi connectivity index (χ2n) is 14.7. The Hall–Kier alpha value is -8.00. The van der Waals surface area contributed by atoms with Gasteiger partial charge in [-0.3, -0.25) is 0 Å². The van der Waals surface area contributed by atoms with Crippen LogP contribution in [0.5, 0.6) is 0 Å². The minimum absolute atomic E-state index is 0.635. The van der Waals surface area contributed by atoms with Crippen molar-refractivity contribution >= 4 is 43.6 Å². The highest BCUT2D eigenvalue weighted by Crippen LogP contribution is 2.40. The molecule has 11 rings (SSSR count). The largest absolute Gasteiger partial charge is 0.309 e. The first-order valence-corrected chi connectivity index (χ1v) is 19.5. The van der Waals surface area contributed by atoms with E-state index in [-0.39, 0.29) is 0 Å². The highest BCUT2D eigenvalue weighted by Gasteiger charge is 2.18. The van der Waals surface area contributed by atoms with E-state index in [4.69, 9.17) is 4.98 Å². The summed E-state index contributed by atoms with van der Waals surface area (Å²) in [6.45, 7) is 0. The van der Waals surface area contributed by atoms with E-state index in [9.17, 15) is 5.26 Å². The van der Waals surface area contributed by atoms with Crippen LogP contribution in [0.1, 0.15) is 5.56 Å². The zero-order valence-corrected chi connectivity index (χ0v) is 31.4. The minimum atomic E-state index is 0.635. The first-order chi connectivity index (χ1) is 28.7. The predicted octanol–water partition coefficient (Wildman–Crippen LogP) is 13.8. The number of fused-ring (bicyclic) bond motifs is 6. The van der Waals surface area contributed by atoms with Crippen molar-refractivity contribution in [2.24, 2.45) is 0 Å². The summed E-state index contributed by atoms with van der Waals surface area (Å²) in [6.07, 6.45) is 0. The standard InChI is InChI=1S/C54H34N4/c55-35-36-23-25-37(26-24-36)40-29-41(42-32-49(38-13-3-1-4-14-38)56-50(33-42)39-15-5-2-6-16-39)31-44(30-40)58-53-22-12-9-19-47(53)48-34-43(27-28-54(48)58)57-51-20-10-7-17-45(51)46-18-8-11-21-52(46)57/h1-34H. The molecule has 0 fully saturated rings. The van der Waals surface area contributed by atoms with Crippen molar-refractivity contribution in [3.8, 4) is 62.2 Å². The van der Waals surface area contributed by atoms with Gasteiger partial charge in [-0.15, -0.1) is 0 Å². The Morgan fingerprint density at radius 1 is 0.328 bits per heavy atom. The van der Waals surface area contributed by atoms with Gasteiger partial charge in [0.2, 0.25) is 0 Å². The molecule has 0 amide bonds. The van der Waals surface area contributed by atoms with Gasteiger partial charge in [-0.2, -0.15) is 5.26 Å². The number of nitriles is 1. The van der Waals surface area contributed by atoms with Gasteiger partial charge in [-0.25, -0.2) is 4.98 Å². The number of para-hydroxylation sites is 3. The zero-order chi connectivity index (χ0) is 38.6. The molecule has 58 heavy (non-hydrogen) atoms. The summed E-state index contributed by atoms with van der Waals surface area (Å²) >= 11 is 0. The Kier molecular flexibility index (Phi) is 7.84. The monoisotopic (exact) mass is 738 g/mol. The molecule has 0 N–H and O–H groups in total. The number of nitrogens with zero attached hydrogens (tertiary/aromatic N) is 4. The summed E-state index contributed by atoms with van der Waals surface area (Å²) < 4.78 is 4.78. The quantitative estimate of drug-likeness (QED) is 0.170. The van der Waals surface area contributed by atoms with Crippen LogP contribution >= 0.6 is 0 Å². The Balaban J connectivity index is 1.16. The Labute approximate surface area is 335 Å². The number of aromatic nitrogens is 3. The molecule has 8 aromatic carbocycles. The molecule has 11 aromatic rings. The molecule has 0 aliphatic rings. The summed E-state index contributed by atoms with van der Waals surface area (Å²) in [7, 11) is 0. The van der Waals surface area contributed by atoms with E-state index in [1.165, 1.54) is 32.6 Å². The maximum atomic E-state index is 9.63. The van der Waals surface area contributed by atoms with E-state index in [0.29, 0.717) is 5.56 Å². The molecule has 0 radical (unpaired) electrons.